The number of fused-ring (bicyclic) bond motifs is 11. The number of hydrogen-bond donors (Lipinski definition) is 0. The van der Waals surface area contributed by atoms with Crippen LogP contribution in [0.3, 0.4) is 0 Å². The highest BCUT2D eigenvalue weighted by Gasteiger charge is 2.51. The topological polar surface area (TPSA) is 21.7 Å². The molecule has 8 aromatic carbocycles. The van der Waals surface area contributed by atoms with E-state index in [1.807, 2.05) is 12.1 Å². The summed E-state index contributed by atoms with van der Waals surface area (Å²) in [5, 5.41) is 0. The number of hydrogen-bond acceptors (Lipinski definition) is 3. The molecule has 0 radical (unpaired) electrons. The Labute approximate surface area is 314 Å². The molecule has 0 fully saturated rings. The summed E-state index contributed by atoms with van der Waals surface area (Å²) in [6.07, 6.45) is 2.32. The third-order valence-corrected chi connectivity index (χ3v) is 11.1. The molecule has 1 spiro atoms. The van der Waals surface area contributed by atoms with Crippen molar-refractivity contribution < 1.29 is 9.47 Å². The summed E-state index contributed by atoms with van der Waals surface area (Å²) >= 11 is 0. The number of benzene rings is 8. The molecule has 0 bridgehead atoms. The standard InChI is InChI=1S/C51H33NO2/c1-3-16-34(17-4-1)32-39(35-30-31-45-49(33-35)54-48-29-14-11-26-44(48)52(45)36-18-5-2-6-19-36)37-21-15-25-43-50(37)38-20-7-8-22-40(38)51(43)41-23-9-12-27-46(41)53-47-28-13-10-24-42(47)51/h1-33H/b39-32+. The van der Waals surface area contributed by atoms with Crippen LogP contribution in [-0.2, 0) is 5.41 Å². The van der Waals surface area contributed by atoms with Crippen LogP contribution in [0.2, 0.25) is 0 Å². The Hall–Kier alpha value is -7.10. The Kier molecular flexibility index (Phi) is 6.77. The van der Waals surface area contributed by atoms with E-state index in [0.717, 1.165) is 67.9 Å². The Balaban J connectivity index is 1.17. The zero-order valence-corrected chi connectivity index (χ0v) is 29.3. The summed E-state index contributed by atoms with van der Waals surface area (Å²) < 4.78 is 13.3. The first kappa shape index (κ1) is 30.5. The molecular weight excluding hydrogens is 659 g/mol. The van der Waals surface area contributed by atoms with E-state index in [-0.39, 0.29) is 0 Å². The van der Waals surface area contributed by atoms with E-state index in [2.05, 4.69) is 193 Å². The van der Waals surface area contributed by atoms with Gasteiger partial charge in [-0.3, -0.25) is 0 Å². The maximum Gasteiger partial charge on any atom is 0.152 e. The second-order valence-electron chi connectivity index (χ2n) is 14.0. The van der Waals surface area contributed by atoms with Crippen LogP contribution in [0.15, 0.2) is 194 Å². The van der Waals surface area contributed by atoms with Crippen LogP contribution in [0.5, 0.6) is 23.0 Å². The van der Waals surface area contributed by atoms with Gasteiger partial charge in [0.1, 0.15) is 11.5 Å². The van der Waals surface area contributed by atoms with Crippen molar-refractivity contribution >= 4 is 28.7 Å². The molecule has 0 N–H and O–H groups in total. The number of ether oxygens (including phenoxy) is 2. The van der Waals surface area contributed by atoms with E-state index in [4.69, 9.17) is 9.47 Å². The lowest BCUT2D eigenvalue weighted by Crippen LogP contribution is -2.32. The molecule has 254 valence electrons. The maximum atomic E-state index is 6.74. The van der Waals surface area contributed by atoms with Crippen molar-refractivity contribution in [3.05, 3.63) is 233 Å². The van der Waals surface area contributed by atoms with Crippen molar-refractivity contribution in [3.8, 4) is 34.1 Å². The number of rotatable bonds is 4. The molecule has 11 rings (SSSR count). The smallest absolute Gasteiger partial charge is 0.152 e. The van der Waals surface area contributed by atoms with Gasteiger partial charge in [0.2, 0.25) is 0 Å². The number of anilines is 3. The van der Waals surface area contributed by atoms with Gasteiger partial charge < -0.3 is 14.4 Å². The molecular formula is C51H33NO2. The van der Waals surface area contributed by atoms with Gasteiger partial charge in [-0.1, -0.05) is 146 Å². The fourth-order valence-electron chi connectivity index (χ4n) is 8.94. The van der Waals surface area contributed by atoms with Crippen molar-refractivity contribution in [1.82, 2.24) is 0 Å². The van der Waals surface area contributed by atoms with E-state index in [1.54, 1.807) is 0 Å². The first-order valence-electron chi connectivity index (χ1n) is 18.4. The predicted molar refractivity (Wildman–Crippen MR) is 218 cm³/mol. The van der Waals surface area contributed by atoms with E-state index in [9.17, 15) is 0 Å². The van der Waals surface area contributed by atoms with Gasteiger partial charge in [0.25, 0.3) is 0 Å². The van der Waals surface area contributed by atoms with Gasteiger partial charge in [-0.05, 0) is 99.1 Å². The molecule has 0 amide bonds. The highest BCUT2D eigenvalue weighted by atomic mass is 16.5. The van der Waals surface area contributed by atoms with Gasteiger partial charge in [0.05, 0.1) is 16.8 Å². The first-order chi connectivity index (χ1) is 26.8. The second kappa shape index (κ2) is 12.0. The van der Waals surface area contributed by atoms with E-state index in [0.29, 0.717) is 0 Å². The van der Waals surface area contributed by atoms with Crippen LogP contribution in [0, 0.1) is 0 Å². The Morgan fingerprint density at radius 3 is 1.78 bits per heavy atom. The van der Waals surface area contributed by atoms with Crippen molar-refractivity contribution in [1.29, 1.82) is 0 Å². The molecule has 0 saturated heterocycles. The molecule has 2 aliphatic heterocycles. The minimum atomic E-state index is -0.551. The third kappa shape index (κ3) is 4.42. The van der Waals surface area contributed by atoms with Gasteiger partial charge in [0, 0.05) is 16.8 Å². The molecule has 3 aliphatic rings. The summed E-state index contributed by atoms with van der Waals surface area (Å²) in [6.45, 7) is 0. The Morgan fingerprint density at radius 2 is 1.02 bits per heavy atom. The maximum absolute atomic E-state index is 6.74. The van der Waals surface area contributed by atoms with Gasteiger partial charge in [-0.25, -0.2) is 0 Å². The van der Waals surface area contributed by atoms with Crippen LogP contribution < -0.4 is 14.4 Å². The fraction of sp³-hybridized carbons (Fsp3) is 0.0196. The monoisotopic (exact) mass is 691 g/mol. The molecule has 2 heterocycles. The van der Waals surface area contributed by atoms with Gasteiger partial charge in [0.15, 0.2) is 11.5 Å². The molecule has 0 unspecified atom stereocenters. The fourth-order valence-corrected chi connectivity index (χ4v) is 8.94. The highest BCUT2D eigenvalue weighted by Crippen LogP contribution is 2.63. The van der Waals surface area contributed by atoms with Crippen LogP contribution in [0.1, 0.15) is 38.9 Å². The molecule has 0 atom stereocenters. The Bertz CT molecular complexity index is 2740. The summed E-state index contributed by atoms with van der Waals surface area (Å²) in [7, 11) is 0. The molecule has 3 heteroatoms. The van der Waals surface area contributed by atoms with E-state index in [1.165, 1.54) is 27.8 Å². The van der Waals surface area contributed by atoms with Gasteiger partial charge in [-0.15, -0.1) is 0 Å². The van der Waals surface area contributed by atoms with E-state index < -0.39 is 5.41 Å². The van der Waals surface area contributed by atoms with Crippen LogP contribution in [0.25, 0.3) is 22.8 Å². The first-order valence-corrected chi connectivity index (χ1v) is 18.4. The highest BCUT2D eigenvalue weighted by molar-refractivity contribution is 6.02. The normalized spacial score (nSPS) is 14.1. The summed E-state index contributed by atoms with van der Waals surface area (Å²) in [6, 6.07) is 68.9. The molecule has 54 heavy (non-hydrogen) atoms. The van der Waals surface area contributed by atoms with Crippen molar-refractivity contribution in [2.45, 2.75) is 5.41 Å². The van der Waals surface area contributed by atoms with Crippen molar-refractivity contribution in [2.24, 2.45) is 0 Å². The summed E-state index contributed by atoms with van der Waals surface area (Å²) in [5.74, 6) is 3.41. The lowest BCUT2D eigenvalue weighted by molar-refractivity contribution is 0.436. The number of para-hydroxylation sites is 5. The number of nitrogens with zero attached hydrogens (tertiary/aromatic N) is 1. The molecule has 0 aromatic heterocycles. The lowest BCUT2D eigenvalue weighted by atomic mass is 9.66. The quantitative estimate of drug-likeness (QED) is 0.172. The second-order valence-corrected chi connectivity index (χ2v) is 14.0. The molecule has 3 nitrogen and oxygen atoms in total. The minimum Gasteiger partial charge on any atom is -0.457 e. The Morgan fingerprint density at radius 1 is 0.444 bits per heavy atom. The van der Waals surface area contributed by atoms with Gasteiger partial charge in [-0.2, -0.15) is 0 Å². The van der Waals surface area contributed by atoms with Crippen LogP contribution in [-0.4, -0.2) is 0 Å². The zero-order valence-electron chi connectivity index (χ0n) is 29.3. The lowest BCUT2D eigenvalue weighted by Gasteiger charge is -2.39. The molecule has 1 aliphatic carbocycles. The largest absolute Gasteiger partial charge is 0.457 e. The molecule has 0 saturated carbocycles. The summed E-state index contributed by atoms with van der Waals surface area (Å²) in [4.78, 5) is 2.29. The average molecular weight is 692 g/mol. The van der Waals surface area contributed by atoms with Crippen LogP contribution in [0.4, 0.5) is 17.1 Å². The van der Waals surface area contributed by atoms with Gasteiger partial charge >= 0.3 is 0 Å². The van der Waals surface area contributed by atoms with Crippen molar-refractivity contribution in [2.75, 3.05) is 4.90 Å². The minimum absolute atomic E-state index is 0.551. The zero-order chi connectivity index (χ0) is 35.6. The SMILES string of the molecule is C(=C(/c1ccc2c(c1)Oc1ccccc1N2c1ccccc1)c1cccc2c1-c1ccccc1C21c2ccccc2Oc2ccccc21)/c1ccccc1. The van der Waals surface area contributed by atoms with Crippen molar-refractivity contribution in [3.63, 3.8) is 0 Å². The van der Waals surface area contributed by atoms with E-state index >= 15 is 0 Å². The van der Waals surface area contributed by atoms with Crippen LogP contribution >= 0.6 is 0 Å². The average Bonchev–Trinajstić information content (AvgIpc) is 3.53. The third-order valence-electron chi connectivity index (χ3n) is 11.1. The molecule has 8 aromatic rings. The predicted octanol–water partition coefficient (Wildman–Crippen LogP) is 13.3. The summed E-state index contributed by atoms with van der Waals surface area (Å²) in [5.41, 5.74) is 14.3.